The summed E-state index contributed by atoms with van der Waals surface area (Å²) in [6, 6.07) is 14.4. The van der Waals surface area contributed by atoms with E-state index in [-0.39, 0.29) is 28.9 Å². The van der Waals surface area contributed by atoms with E-state index in [0.29, 0.717) is 32.7 Å². The summed E-state index contributed by atoms with van der Waals surface area (Å²) in [7, 11) is 1.44. The van der Waals surface area contributed by atoms with Crippen molar-refractivity contribution >= 4 is 46.4 Å². The molecule has 1 spiro atoms. The van der Waals surface area contributed by atoms with E-state index in [1.807, 2.05) is 20.8 Å². The van der Waals surface area contributed by atoms with Crippen molar-refractivity contribution in [3.63, 3.8) is 0 Å². The molecule has 7 nitrogen and oxygen atoms in total. The molecule has 1 atom stereocenters. The molecule has 0 bridgehead atoms. The molecular formula is C29H23Cl2FN4O3. The fourth-order valence-corrected chi connectivity index (χ4v) is 6.04. The zero-order chi connectivity index (χ0) is 27.8. The van der Waals surface area contributed by atoms with Crippen LogP contribution in [0.4, 0.5) is 15.8 Å². The van der Waals surface area contributed by atoms with Gasteiger partial charge in [0, 0.05) is 27.3 Å². The Morgan fingerprint density at radius 1 is 1.05 bits per heavy atom. The third-order valence-corrected chi connectivity index (χ3v) is 7.76. The van der Waals surface area contributed by atoms with Crippen LogP contribution in [0.2, 0.25) is 10.0 Å². The fraction of sp³-hybridized carbons (Fsp3) is 0.207. The summed E-state index contributed by atoms with van der Waals surface area (Å²) in [6.45, 7) is 5.62. The van der Waals surface area contributed by atoms with Gasteiger partial charge in [0.15, 0.2) is 11.2 Å². The van der Waals surface area contributed by atoms with Crippen LogP contribution < -0.4 is 15.0 Å². The summed E-state index contributed by atoms with van der Waals surface area (Å²) >= 11 is 12.7. The zero-order valence-corrected chi connectivity index (χ0v) is 23.0. The minimum Gasteiger partial charge on any atom is -0.496 e. The molecule has 2 aliphatic heterocycles. The molecule has 0 saturated heterocycles. The molecule has 3 heterocycles. The van der Waals surface area contributed by atoms with Gasteiger partial charge in [0.25, 0.3) is 11.8 Å². The highest BCUT2D eigenvalue weighted by molar-refractivity contribution is 6.32. The number of aryl methyl sites for hydroxylation is 1. The lowest BCUT2D eigenvalue weighted by Crippen LogP contribution is -2.51. The van der Waals surface area contributed by atoms with Crippen LogP contribution in [0.3, 0.4) is 0 Å². The molecule has 1 N–H and O–H groups in total. The third kappa shape index (κ3) is 3.38. The van der Waals surface area contributed by atoms with Crippen molar-refractivity contribution < 1.29 is 18.7 Å². The van der Waals surface area contributed by atoms with Crippen LogP contribution in [-0.4, -0.2) is 28.5 Å². The molecule has 4 aromatic rings. The molecule has 2 aliphatic rings. The zero-order valence-electron chi connectivity index (χ0n) is 21.5. The first-order valence-electron chi connectivity index (χ1n) is 12.3. The Kier molecular flexibility index (Phi) is 5.75. The van der Waals surface area contributed by atoms with Gasteiger partial charge in [-0.1, -0.05) is 41.4 Å². The summed E-state index contributed by atoms with van der Waals surface area (Å²) < 4.78 is 22.6. The number of fused-ring (bicyclic) bond motifs is 4. The van der Waals surface area contributed by atoms with Gasteiger partial charge in [-0.05, 0) is 62.7 Å². The Hall–Kier alpha value is -3.88. The van der Waals surface area contributed by atoms with Crippen molar-refractivity contribution in [3.8, 4) is 17.1 Å². The normalized spacial score (nSPS) is 17.7. The van der Waals surface area contributed by atoms with Crippen molar-refractivity contribution in [2.75, 3.05) is 17.3 Å². The predicted molar refractivity (Wildman–Crippen MR) is 148 cm³/mol. The van der Waals surface area contributed by atoms with Gasteiger partial charge in [-0.3, -0.25) is 14.5 Å². The number of halogens is 3. The van der Waals surface area contributed by atoms with E-state index >= 15 is 4.39 Å². The highest BCUT2D eigenvalue weighted by Crippen LogP contribution is 2.55. The number of ether oxygens (including phenoxy) is 1. The molecule has 3 aromatic carbocycles. The summed E-state index contributed by atoms with van der Waals surface area (Å²) in [5, 5.41) is 3.76. The van der Waals surface area contributed by atoms with Crippen LogP contribution >= 0.6 is 23.2 Å². The first kappa shape index (κ1) is 25.4. The fourth-order valence-electron chi connectivity index (χ4n) is 5.70. The molecule has 2 amide bonds. The minimum atomic E-state index is -1.66. The number of amides is 2. The monoisotopic (exact) mass is 564 g/mol. The number of carbonyl (C=O) groups excluding carboxylic acids is 2. The Bertz CT molecular complexity index is 1720. The second-order valence-electron chi connectivity index (χ2n) is 9.84. The second-order valence-corrected chi connectivity index (χ2v) is 10.7. The average molecular weight is 565 g/mol. The third-order valence-electron chi connectivity index (χ3n) is 7.29. The standard InChI is InChI=1S/C29H23Cl2FN4O3/c1-14(2)35-25-24(34-26(35)23-19(32)6-5-7-22(23)39-4)27(37)36(21-13-17(31)9-8-15(21)3)29(25)18-11-10-16(30)12-20(18)33-28(29)38/h5-14H,1-4H3,(H,33,38)/t29-/m1/s1. The molecule has 6 rings (SSSR count). The number of carbonyl (C=O) groups is 2. The number of nitrogens with zero attached hydrogens (tertiary/aromatic N) is 3. The lowest BCUT2D eigenvalue weighted by Gasteiger charge is -2.36. The van der Waals surface area contributed by atoms with Crippen LogP contribution in [0.25, 0.3) is 11.4 Å². The molecule has 0 aliphatic carbocycles. The van der Waals surface area contributed by atoms with Gasteiger partial charge >= 0.3 is 0 Å². The maximum atomic E-state index is 15.4. The van der Waals surface area contributed by atoms with Gasteiger partial charge in [-0.15, -0.1) is 0 Å². The van der Waals surface area contributed by atoms with Crippen molar-refractivity contribution in [1.82, 2.24) is 9.55 Å². The van der Waals surface area contributed by atoms with Crippen LogP contribution in [0.5, 0.6) is 5.75 Å². The van der Waals surface area contributed by atoms with Crippen molar-refractivity contribution in [2.24, 2.45) is 0 Å². The van der Waals surface area contributed by atoms with E-state index in [1.165, 1.54) is 24.1 Å². The number of imidazole rings is 1. The summed E-state index contributed by atoms with van der Waals surface area (Å²) in [6.07, 6.45) is 0. The number of rotatable bonds is 4. The SMILES string of the molecule is COc1cccc(F)c1-c1nc2c(n1C(C)C)[C@]1(C(=O)Nc3cc(Cl)ccc31)N(c1cc(Cl)ccc1C)C2=O. The highest BCUT2D eigenvalue weighted by atomic mass is 35.5. The van der Waals surface area contributed by atoms with E-state index < -0.39 is 23.2 Å². The molecule has 39 heavy (non-hydrogen) atoms. The Morgan fingerprint density at radius 2 is 1.77 bits per heavy atom. The Balaban J connectivity index is 1.76. The molecule has 0 radical (unpaired) electrons. The molecular weight excluding hydrogens is 542 g/mol. The van der Waals surface area contributed by atoms with Gasteiger partial charge in [-0.2, -0.15) is 0 Å². The van der Waals surface area contributed by atoms with E-state index in [4.69, 9.17) is 32.9 Å². The maximum absolute atomic E-state index is 15.4. The quantitative estimate of drug-likeness (QED) is 0.297. The maximum Gasteiger partial charge on any atom is 0.280 e. The summed E-state index contributed by atoms with van der Waals surface area (Å²) in [5.74, 6) is -1.08. The lowest BCUT2D eigenvalue weighted by molar-refractivity contribution is -0.119. The highest BCUT2D eigenvalue weighted by Gasteiger charge is 2.64. The van der Waals surface area contributed by atoms with Gasteiger partial charge in [0.05, 0.1) is 24.1 Å². The van der Waals surface area contributed by atoms with E-state index in [0.717, 1.165) is 5.56 Å². The molecule has 0 unspecified atom stereocenters. The van der Waals surface area contributed by atoms with E-state index in [1.54, 1.807) is 47.0 Å². The smallest absolute Gasteiger partial charge is 0.280 e. The Labute approximate surface area is 234 Å². The number of aromatic nitrogens is 2. The van der Waals surface area contributed by atoms with E-state index in [2.05, 4.69) is 5.32 Å². The first-order valence-corrected chi connectivity index (χ1v) is 13.0. The van der Waals surface area contributed by atoms with Crippen molar-refractivity contribution in [1.29, 1.82) is 0 Å². The number of anilines is 2. The van der Waals surface area contributed by atoms with Crippen molar-refractivity contribution in [2.45, 2.75) is 32.4 Å². The molecule has 1 aromatic heterocycles. The average Bonchev–Trinajstić information content (AvgIpc) is 3.49. The van der Waals surface area contributed by atoms with Crippen LogP contribution in [0.1, 0.15) is 47.2 Å². The first-order chi connectivity index (χ1) is 18.6. The minimum absolute atomic E-state index is 0.0429. The van der Waals surface area contributed by atoms with Gasteiger partial charge in [0.1, 0.15) is 17.4 Å². The molecule has 0 saturated carbocycles. The van der Waals surface area contributed by atoms with Crippen LogP contribution in [0.15, 0.2) is 54.6 Å². The largest absolute Gasteiger partial charge is 0.496 e. The van der Waals surface area contributed by atoms with Crippen LogP contribution in [0, 0.1) is 12.7 Å². The molecule has 10 heteroatoms. The number of methoxy groups -OCH3 is 1. The van der Waals surface area contributed by atoms with Gasteiger partial charge in [-0.25, -0.2) is 9.37 Å². The number of nitrogens with one attached hydrogen (secondary N) is 1. The van der Waals surface area contributed by atoms with Gasteiger partial charge in [0.2, 0.25) is 0 Å². The van der Waals surface area contributed by atoms with E-state index in [9.17, 15) is 9.59 Å². The second kappa shape index (κ2) is 8.83. The summed E-state index contributed by atoms with van der Waals surface area (Å²) in [4.78, 5) is 34.8. The molecule has 198 valence electrons. The topological polar surface area (TPSA) is 76.5 Å². The van der Waals surface area contributed by atoms with Gasteiger partial charge < -0.3 is 14.6 Å². The van der Waals surface area contributed by atoms with Crippen LogP contribution in [-0.2, 0) is 10.3 Å². The summed E-state index contributed by atoms with van der Waals surface area (Å²) in [5.41, 5.74) is 1.02. The van der Waals surface area contributed by atoms with Crippen molar-refractivity contribution in [3.05, 3.63) is 93.0 Å². The predicted octanol–water partition coefficient (Wildman–Crippen LogP) is 6.75. The number of benzene rings is 3. The lowest BCUT2D eigenvalue weighted by atomic mass is 9.86. The number of hydrogen-bond donors (Lipinski definition) is 1. The Morgan fingerprint density at radius 3 is 2.49 bits per heavy atom. The molecule has 0 fully saturated rings. The number of hydrogen-bond acceptors (Lipinski definition) is 4.